The molecule has 1 aromatic heterocycles. The van der Waals surface area contributed by atoms with Crippen molar-refractivity contribution >= 4 is 28.2 Å². The number of nitrogens with one attached hydrogen (secondary N) is 1. The van der Waals surface area contributed by atoms with Gasteiger partial charge in [-0.3, -0.25) is 0 Å². The molecule has 1 N–H and O–H groups in total. The summed E-state index contributed by atoms with van der Waals surface area (Å²) in [5.41, 5.74) is 0. The van der Waals surface area contributed by atoms with Crippen LogP contribution in [0.25, 0.3) is 0 Å². The molecule has 4 nitrogen and oxygen atoms in total. The van der Waals surface area contributed by atoms with Gasteiger partial charge in [0.2, 0.25) is 5.13 Å². The van der Waals surface area contributed by atoms with Crippen molar-refractivity contribution in [2.45, 2.75) is 23.2 Å². The first-order valence-electron chi connectivity index (χ1n) is 6.31. The van der Waals surface area contributed by atoms with E-state index in [0.717, 1.165) is 21.0 Å². The van der Waals surface area contributed by atoms with Gasteiger partial charge in [-0.15, -0.1) is 10.2 Å². The number of anilines is 1. The molecule has 1 fully saturated rings. The summed E-state index contributed by atoms with van der Waals surface area (Å²) in [6.07, 6.45) is 2.51. The van der Waals surface area contributed by atoms with E-state index in [1.54, 1.807) is 23.1 Å². The summed E-state index contributed by atoms with van der Waals surface area (Å²) in [6, 6.07) is 10.5. The van der Waals surface area contributed by atoms with Crippen LogP contribution in [0.3, 0.4) is 0 Å². The van der Waals surface area contributed by atoms with Crippen LogP contribution in [0.5, 0.6) is 5.75 Å². The first-order chi connectivity index (χ1) is 9.40. The van der Waals surface area contributed by atoms with E-state index in [1.165, 1.54) is 12.8 Å². The minimum atomic E-state index is 0.632. The standard InChI is InChI=1S/C13H15N3OS2/c1-2-4-11(5-3-1)17-8-9-18-13-16-15-12(19-13)14-10-6-7-10/h1-5,10H,6-9H2,(H,14,15). The van der Waals surface area contributed by atoms with Gasteiger partial charge in [0.25, 0.3) is 0 Å². The van der Waals surface area contributed by atoms with E-state index < -0.39 is 0 Å². The quantitative estimate of drug-likeness (QED) is 0.627. The topological polar surface area (TPSA) is 47.0 Å². The van der Waals surface area contributed by atoms with E-state index in [9.17, 15) is 0 Å². The predicted octanol–water partition coefficient (Wildman–Crippen LogP) is 3.28. The predicted molar refractivity (Wildman–Crippen MR) is 79.2 cm³/mol. The van der Waals surface area contributed by atoms with E-state index in [0.29, 0.717) is 12.6 Å². The van der Waals surface area contributed by atoms with E-state index in [-0.39, 0.29) is 0 Å². The first-order valence-corrected chi connectivity index (χ1v) is 8.11. The number of rotatable bonds is 7. The van der Waals surface area contributed by atoms with Crippen LogP contribution in [0.15, 0.2) is 34.7 Å². The van der Waals surface area contributed by atoms with Crippen molar-refractivity contribution in [3.8, 4) is 5.75 Å². The summed E-state index contributed by atoms with van der Waals surface area (Å²) >= 11 is 3.31. The average Bonchev–Trinajstić information content (AvgIpc) is 3.14. The second-order valence-electron chi connectivity index (χ2n) is 4.30. The molecule has 0 amide bonds. The molecule has 1 saturated carbocycles. The van der Waals surface area contributed by atoms with Gasteiger partial charge < -0.3 is 10.1 Å². The van der Waals surface area contributed by atoms with Crippen LogP contribution >= 0.6 is 23.1 Å². The van der Waals surface area contributed by atoms with Gasteiger partial charge in [-0.1, -0.05) is 41.3 Å². The summed E-state index contributed by atoms with van der Waals surface area (Å²) in [7, 11) is 0. The molecule has 0 radical (unpaired) electrons. The molecule has 0 saturated heterocycles. The molecule has 100 valence electrons. The fraction of sp³-hybridized carbons (Fsp3) is 0.385. The Labute approximate surface area is 120 Å². The summed E-state index contributed by atoms with van der Waals surface area (Å²) in [5.74, 6) is 1.80. The Hall–Kier alpha value is -1.27. The molecule has 1 aliphatic carbocycles. The Balaban J connectivity index is 1.38. The number of hydrogen-bond acceptors (Lipinski definition) is 6. The van der Waals surface area contributed by atoms with Gasteiger partial charge in [-0.05, 0) is 25.0 Å². The van der Waals surface area contributed by atoms with Gasteiger partial charge in [0.05, 0.1) is 6.61 Å². The lowest BCUT2D eigenvalue weighted by Gasteiger charge is -2.03. The Morgan fingerprint density at radius 2 is 2.11 bits per heavy atom. The number of ether oxygens (including phenoxy) is 1. The molecule has 6 heteroatoms. The van der Waals surface area contributed by atoms with Crippen LogP contribution in [0.1, 0.15) is 12.8 Å². The van der Waals surface area contributed by atoms with Crippen molar-refractivity contribution in [3.63, 3.8) is 0 Å². The average molecular weight is 293 g/mol. The van der Waals surface area contributed by atoms with Gasteiger partial charge in [-0.2, -0.15) is 0 Å². The highest BCUT2D eigenvalue weighted by Crippen LogP contribution is 2.30. The number of thioether (sulfide) groups is 1. The molecule has 0 bridgehead atoms. The van der Waals surface area contributed by atoms with E-state index >= 15 is 0 Å². The van der Waals surface area contributed by atoms with E-state index in [1.807, 2.05) is 30.3 Å². The van der Waals surface area contributed by atoms with Gasteiger partial charge in [-0.25, -0.2) is 0 Å². The number of hydrogen-bond donors (Lipinski definition) is 1. The molecular weight excluding hydrogens is 278 g/mol. The van der Waals surface area contributed by atoms with Crippen LogP contribution in [0.4, 0.5) is 5.13 Å². The monoisotopic (exact) mass is 293 g/mol. The third-order valence-electron chi connectivity index (χ3n) is 2.63. The smallest absolute Gasteiger partial charge is 0.206 e. The SMILES string of the molecule is c1ccc(OCCSc2nnc(NC3CC3)s2)cc1. The maximum Gasteiger partial charge on any atom is 0.206 e. The second kappa shape index (κ2) is 6.25. The van der Waals surface area contributed by atoms with Crippen LogP contribution in [0.2, 0.25) is 0 Å². The highest BCUT2D eigenvalue weighted by Gasteiger charge is 2.22. The molecule has 0 atom stereocenters. The van der Waals surface area contributed by atoms with Gasteiger partial charge >= 0.3 is 0 Å². The Morgan fingerprint density at radius 1 is 1.26 bits per heavy atom. The summed E-state index contributed by atoms with van der Waals surface area (Å²) < 4.78 is 6.63. The van der Waals surface area contributed by atoms with Gasteiger partial charge in [0.15, 0.2) is 4.34 Å². The lowest BCUT2D eigenvalue weighted by molar-refractivity contribution is 0.344. The lowest BCUT2D eigenvalue weighted by atomic mass is 10.3. The lowest BCUT2D eigenvalue weighted by Crippen LogP contribution is -1.99. The highest BCUT2D eigenvalue weighted by atomic mass is 32.2. The minimum absolute atomic E-state index is 0.632. The minimum Gasteiger partial charge on any atom is -0.493 e. The molecule has 0 aliphatic heterocycles. The largest absolute Gasteiger partial charge is 0.493 e. The van der Waals surface area contributed by atoms with Crippen molar-refractivity contribution in [1.82, 2.24) is 10.2 Å². The van der Waals surface area contributed by atoms with E-state index in [2.05, 4.69) is 15.5 Å². The Morgan fingerprint density at radius 3 is 2.89 bits per heavy atom. The van der Waals surface area contributed by atoms with Crippen LogP contribution in [-0.4, -0.2) is 28.6 Å². The molecule has 19 heavy (non-hydrogen) atoms. The molecule has 0 spiro atoms. The zero-order valence-corrected chi connectivity index (χ0v) is 12.0. The maximum absolute atomic E-state index is 5.63. The van der Waals surface area contributed by atoms with Crippen molar-refractivity contribution in [3.05, 3.63) is 30.3 Å². The number of aromatic nitrogens is 2. The number of para-hydroxylation sites is 1. The summed E-state index contributed by atoms with van der Waals surface area (Å²) in [5, 5.41) is 12.6. The van der Waals surface area contributed by atoms with Crippen LogP contribution in [-0.2, 0) is 0 Å². The Kier molecular flexibility index (Phi) is 4.20. The van der Waals surface area contributed by atoms with Crippen LogP contribution < -0.4 is 10.1 Å². The van der Waals surface area contributed by atoms with Gasteiger partial charge in [0, 0.05) is 11.8 Å². The normalized spacial score (nSPS) is 14.3. The van der Waals surface area contributed by atoms with E-state index in [4.69, 9.17) is 4.74 Å². The highest BCUT2D eigenvalue weighted by molar-refractivity contribution is 8.01. The summed E-state index contributed by atoms with van der Waals surface area (Å²) in [4.78, 5) is 0. The van der Waals surface area contributed by atoms with Crippen molar-refractivity contribution in [2.24, 2.45) is 0 Å². The summed E-state index contributed by atoms with van der Waals surface area (Å²) in [6.45, 7) is 0.680. The van der Waals surface area contributed by atoms with Gasteiger partial charge in [0.1, 0.15) is 5.75 Å². The fourth-order valence-electron chi connectivity index (χ4n) is 1.53. The third-order valence-corrected chi connectivity index (χ3v) is 4.58. The number of benzene rings is 1. The molecular formula is C13H15N3OS2. The zero-order valence-electron chi connectivity index (χ0n) is 10.4. The number of nitrogens with zero attached hydrogens (tertiary/aromatic N) is 2. The zero-order chi connectivity index (χ0) is 12.9. The Bertz CT molecular complexity index is 514. The molecule has 0 unspecified atom stereocenters. The van der Waals surface area contributed by atoms with Crippen LogP contribution in [0, 0.1) is 0 Å². The fourth-order valence-corrected chi connectivity index (χ4v) is 3.25. The maximum atomic E-state index is 5.63. The molecule has 1 aliphatic rings. The molecule has 1 aromatic carbocycles. The molecule has 2 aromatic rings. The first kappa shape index (κ1) is 12.7. The van der Waals surface area contributed by atoms with Crippen molar-refractivity contribution in [2.75, 3.05) is 17.7 Å². The van der Waals surface area contributed by atoms with Crippen molar-refractivity contribution < 1.29 is 4.74 Å². The second-order valence-corrected chi connectivity index (χ2v) is 6.62. The molecule has 3 rings (SSSR count). The van der Waals surface area contributed by atoms with Crippen molar-refractivity contribution in [1.29, 1.82) is 0 Å². The third kappa shape index (κ3) is 4.11. The molecule has 1 heterocycles.